The van der Waals surface area contributed by atoms with Crippen molar-refractivity contribution in [1.29, 1.82) is 0 Å². The van der Waals surface area contributed by atoms with Gasteiger partial charge in [-0.05, 0) is 62.4 Å². The van der Waals surface area contributed by atoms with Gasteiger partial charge >= 0.3 is 0 Å². The van der Waals surface area contributed by atoms with Crippen LogP contribution in [0.25, 0.3) is 10.9 Å². The van der Waals surface area contributed by atoms with Crippen LogP contribution >= 0.6 is 0 Å². The maximum absolute atomic E-state index is 12.8. The molecule has 158 valence electrons. The standard InChI is InChI=1S/C22H25N3O4S/c1-3-29-18-6-9-21-20(15-18)22(14-16(2)23-21)24-17-4-7-19(8-5-17)30(26,27)25-10-12-28-13-11-25/h4-9,14-15H,3,10-13H2,1-2H3,(H,23,24). The van der Waals surface area contributed by atoms with E-state index >= 15 is 0 Å². The zero-order valence-corrected chi connectivity index (χ0v) is 17.9. The van der Waals surface area contributed by atoms with Crippen LogP contribution in [-0.2, 0) is 14.8 Å². The van der Waals surface area contributed by atoms with E-state index in [1.54, 1.807) is 24.3 Å². The number of hydrogen-bond donors (Lipinski definition) is 1. The first-order valence-corrected chi connectivity index (χ1v) is 11.4. The second-order valence-electron chi connectivity index (χ2n) is 7.09. The van der Waals surface area contributed by atoms with E-state index in [1.165, 1.54) is 4.31 Å². The van der Waals surface area contributed by atoms with Crippen LogP contribution in [0.5, 0.6) is 5.75 Å². The lowest BCUT2D eigenvalue weighted by atomic mass is 10.1. The van der Waals surface area contributed by atoms with Crippen molar-refractivity contribution in [1.82, 2.24) is 9.29 Å². The van der Waals surface area contributed by atoms with Gasteiger partial charge in [0.15, 0.2) is 0 Å². The smallest absolute Gasteiger partial charge is 0.243 e. The van der Waals surface area contributed by atoms with E-state index in [4.69, 9.17) is 9.47 Å². The summed E-state index contributed by atoms with van der Waals surface area (Å²) in [4.78, 5) is 4.87. The lowest BCUT2D eigenvalue weighted by Crippen LogP contribution is -2.40. The number of nitrogens with zero attached hydrogens (tertiary/aromatic N) is 2. The fourth-order valence-corrected chi connectivity index (χ4v) is 4.91. The Morgan fingerprint density at radius 3 is 2.53 bits per heavy atom. The van der Waals surface area contributed by atoms with Crippen molar-refractivity contribution < 1.29 is 17.9 Å². The summed E-state index contributed by atoms with van der Waals surface area (Å²) in [5.74, 6) is 0.783. The highest BCUT2D eigenvalue weighted by atomic mass is 32.2. The molecule has 0 bridgehead atoms. The molecule has 30 heavy (non-hydrogen) atoms. The summed E-state index contributed by atoms with van der Waals surface area (Å²) >= 11 is 0. The van der Waals surface area contributed by atoms with Gasteiger partial charge in [-0.1, -0.05) is 0 Å². The lowest BCUT2D eigenvalue weighted by Gasteiger charge is -2.26. The van der Waals surface area contributed by atoms with E-state index < -0.39 is 10.0 Å². The monoisotopic (exact) mass is 427 g/mol. The van der Waals surface area contributed by atoms with Crippen LogP contribution in [0.1, 0.15) is 12.6 Å². The molecule has 7 nitrogen and oxygen atoms in total. The van der Waals surface area contributed by atoms with Gasteiger partial charge in [0, 0.05) is 35.5 Å². The summed E-state index contributed by atoms with van der Waals surface area (Å²) in [7, 11) is -3.51. The third-order valence-electron chi connectivity index (χ3n) is 4.96. The molecule has 1 N–H and O–H groups in total. The number of morpholine rings is 1. The molecule has 1 aliphatic rings. The molecule has 0 atom stereocenters. The quantitative estimate of drug-likeness (QED) is 0.646. The minimum atomic E-state index is -3.51. The Labute approximate surface area is 176 Å². The normalized spacial score (nSPS) is 15.3. The van der Waals surface area contributed by atoms with Crippen LogP contribution in [0.4, 0.5) is 11.4 Å². The molecule has 8 heteroatoms. The molecule has 0 unspecified atom stereocenters. The highest BCUT2D eigenvalue weighted by molar-refractivity contribution is 7.89. The molecule has 1 saturated heterocycles. The van der Waals surface area contributed by atoms with Gasteiger partial charge in [-0.3, -0.25) is 4.98 Å². The third kappa shape index (κ3) is 4.26. The average molecular weight is 428 g/mol. The minimum Gasteiger partial charge on any atom is -0.494 e. The summed E-state index contributed by atoms with van der Waals surface area (Å²) in [6.07, 6.45) is 0. The zero-order valence-electron chi connectivity index (χ0n) is 17.1. The number of ether oxygens (including phenoxy) is 2. The molecule has 2 heterocycles. The summed E-state index contributed by atoms with van der Waals surface area (Å²) in [6, 6.07) is 14.6. The Morgan fingerprint density at radius 2 is 1.83 bits per heavy atom. The van der Waals surface area contributed by atoms with Gasteiger partial charge in [0.05, 0.1) is 30.2 Å². The molecule has 0 saturated carbocycles. The van der Waals surface area contributed by atoms with Gasteiger partial charge in [-0.15, -0.1) is 0 Å². The number of fused-ring (bicyclic) bond motifs is 1. The Kier molecular flexibility index (Phi) is 5.90. The highest BCUT2D eigenvalue weighted by Crippen LogP contribution is 2.30. The van der Waals surface area contributed by atoms with E-state index in [2.05, 4.69) is 10.3 Å². The van der Waals surface area contributed by atoms with Crippen molar-refractivity contribution in [3.05, 3.63) is 54.2 Å². The van der Waals surface area contributed by atoms with Gasteiger partial charge in [0.2, 0.25) is 10.0 Å². The van der Waals surface area contributed by atoms with Gasteiger partial charge in [0.1, 0.15) is 5.75 Å². The molecule has 3 aromatic rings. The molecule has 1 aromatic heterocycles. The second-order valence-corrected chi connectivity index (χ2v) is 9.03. The Bertz CT molecular complexity index is 1140. The molecule has 0 spiro atoms. The van der Waals surface area contributed by atoms with E-state index in [1.807, 2.05) is 38.1 Å². The molecular formula is C22H25N3O4S. The molecule has 0 radical (unpaired) electrons. The number of rotatable bonds is 6. The maximum atomic E-state index is 12.8. The van der Waals surface area contributed by atoms with Crippen LogP contribution in [0.3, 0.4) is 0 Å². The lowest BCUT2D eigenvalue weighted by molar-refractivity contribution is 0.0730. The number of sulfonamides is 1. The van der Waals surface area contributed by atoms with E-state index in [0.717, 1.165) is 33.7 Å². The van der Waals surface area contributed by atoms with Crippen LogP contribution in [0.15, 0.2) is 53.4 Å². The zero-order chi connectivity index (χ0) is 21.1. The number of hydrogen-bond acceptors (Lipinski definition) is 6. The predicted molar refractivity (Wildman–Crippen MR) is 117 cm³/mol. The third-order valence-corrected chi connectivity index (χ3v) is 6.87. The molecule has 2 aromatic carbocycles. The molecule has 1 fully saturated rings. The Balaban J connectivity index is 1.61. The van der Waals surface area contributed by atoms with Gasteiger partial charge in [-0.25, -0.2) is 8.42 Å². The van der Waals surface area contributed by atoms with Crippen molar-refractivity contribution in [3.8, 4) is 5.75 Å². The largest absolute Gasteiger partial charge is 0.494 e. The molecule has 1 aliphatic heterocycles. The van der Waals surface area contributed by atoms with E-state index in [0.29, 0.717) is 32.9 Å². The topological polar surface area (TPSA) is 80.8 Å². The number of pyridine rings is 1. The van der Waals surface area contributed by atoms with Crippen molar-refractivity contribution in [2.24, 2.45) is 0 Å². The number of anilines is 2. The summed E-state index contributed by atoms with van der Waals surface area (Å²) in [5.41, 5.74) is 3.45. The average Bonchev–Trinajstić information content (AvgIpc) is 2.75. The number of aryl methyl sites for hydroxylation is 1. The van der Waals surface area contributed by atoms with E-state index in [-0.39, 0.29) is 4.90 Å². The molecule has 0 aliphatic carbocycles. The second kappa shape index (κ2) is 8.59. The first kappa shape index (κ1) is 20.6. The van der Waals surface area contributed by atoms with Crippen LogP contribution < -0.4 is 10.1 Å². The number of aromatic nitrogens is 1. The number of nitrogens with one attached hydrogen (secondary N) is 1. The highest BCUT2D eigenvalue weighted by Gasteiger charge is 2.26. The van der Waals surface area contributed by atoms with Crippen molar-refractivity contribution in [2.75, 3.05) is 38.2 Å². The Morgan fingerprint density at radius 1 is 1.10 bits per heavy atom. The summed E-state index contributed by atoms with van der Waals surface area (Å²) in [5, 5.41) is 4.33. The first-order chi connectivity index (χ1) is 14.5. The van der Waals surface area contributed by atoms with Crippen molar-refractivity contribution in [2.45, 2.75) is 18.7 Å². The molecule has 0 amide bonds. The molecular weight excluding hydrogens is 402 g/mol. The van der Waals surface area contributed by atoms with Gasteiger partial charge < -0.3 is 14.8 Å². The van der Waals surface area contributed by atoms with Crippen LogP contribution in [0, 0.1) is 6.92 Å². The van der Waals surface area contributed by atoms with Gasteiger partial charge in [0.25, 0.3) is 0 Å². The predicted octanol–water partition coefficient (Wildman–Crippen LogP) is 3.71. The van der Waals surface area contributed by atoms with Crippen LogP contribution in [0.2, 0.25) is 0 Å². The van der Waals surface area contributed by atoms with E-state index in [9.17, 15) is 8.42 Å². The minimum absolute atomic E-state index is 0.282. The van der Waals surface area contributed by atoms with Crippen LogP contribution in [-0.4, -0.2) is 50.6 Å². The molecule has 4 rings (SSSR count). The fraction of sp³-hybridized carbons (Fsp3) is 0.318. The summed E-state index contributed by atoms with van der Waals surface area (Å²) in [6.45, 7) is 6.10. The SMILES string of the molecule is CCOc1ccc2nc(C)cc(Nc3ccc(S(=O)(=O)N4CCOCC4)cc3)c2c1. The van der Waals surface area contributed by atoms with Crippen molar-refractivity contribution in [3.63, 3.8) is 0 Å². The van der Waals surface area contributed by atoms with Crippen molar-refractivity contribution >= 4 is 32.3 Å². The number of benzene rings is 2. The fourth-order valence-electron chi connectivity index (χ4n) is 3.50. The summed E-state index contributed by atoms with van der Waals surface area (Å²) < 4.78 is 38.0. The Hall–Kier alpha value is -2.68. The maximum Gasteiger partial charge on any atom is 0.243 e. The first-order valence-electron chi connectivity index (χ1n) is 9.96. The van der Waals surface area contributed by atoms with Gasteiger partial charge in [-0.2, -0.15) is 4.31 Å².